The van der Waals surface area contributed by atoms with Gasteiger partial charge in [-0.2, -0.15) is 0 Å². The van der Waals surface area contributed by atoms with Crippen LogP contribution in [-0.4, -0.2) is 18.2 Å². The summed E-state index contributed by atoms with van der Waals surface area (Å²) >= 11 is 1.86. The van der Waals surface area contributed by atoms with Gasteiger partial charge in [0.05, 0.1) is 0 Å². The van der Waals surface area contributed by atoms with E-state index in [1.54, 1.807) is 13.1 Å². The lowest BCUT2D eigenvalue weighted by Crippen LogP contribution is -2.18. The van der Waals surface area contributed by atoms with E-state index in [2.05, 4.69) is 5.32 Å². The summed E-state index contributed by atoms with van der Waals surface area (Å²) in [5.41, 5.74) is 7.37. The van der Waals surface area contributed by atoms with Gasteiger partial charge < -0.3 is 11.1 Å². The normalized spacial score (nSPS) is 16.5. The number of thioether (sulfide) groups is 1. The van der Waals surface area contributed by atoms with Gasteiger partial charge in [-0.15, -0.1) is 11.8 Å². The standard InChI is InChI=1S/C14H20N2OS/c1-16-14(17)10-7-8-13(12(15)9-10)18-11-5-3-2-4-6-11/h7-9,11H,2-6,15H2,1H3,(H,16,17). The van der Waals surface area contributed by atoms with Crippen molar-refractivity contribution in [2.75, 3.05) is 12.8 Å². The second kappa shape index (κ2) is 6.14. The number of benzene rings is 1. The summed E-state index contributed by atoms with van der Waals surface area (Å²) in [6.07, 6.45) is 6.58. The van der Waals surface area contributed by atoms with E-state index in [9.17, 15) is 4.79 Å². The molecule has 0 radical (unpaired) electrons. The molecule has 0 heterocycles. The van der Waals surface area contributed by atoms with Crippen molar-refractivity contribution in [1.29, 1.82) is 0 Å². The molecule has 0 unspecified atom stereocenters. The lowest BCUT2D eigenvalue weighted by molar-refractivity contribution is 0.0963. The molecule has 3 N–H and O–H groups in total. The molecule has 3 nitrogen and oxygen atoms in total. The first-order valence-corrected chi connectivity index (χ1v) is 7.37. The predicted octanol–water partition coefficient (Wildman–Crippen LogP) is 3.05. The van der Waals surface area contributed by atoms with E-state index in [-0.39, 0.29) is 5.91 Å². The second-order valence-corrected chi connectivity index (χ2v) is 6.05. The lowest BCUT2D eigenvalue weighted by Gasteiger charge is -2.21. The number of carbonyl (C=O) groups excluding carboxylic acids is 1. The molecule has 0 spiro atoms. The van der Waals surface area contributed by atoms with Crippen molar-refractivity contribution >= 4 is 23.4 Å². The Morgan fingerprint density at radius 2 is 2.06 bits per heavy atom. The minimum Gasteiger partial charge on any atom is -0.398 e. The summed E-state index contributed by atoms with van der Waals surface area (Å²) in [4.78, 5) is 12.6. The minimum absolute atomic E-state index is 0.0871. The van der Waals surface area contributed by atoms with Crippen molar-refractivity contribution in [2.24, 2.45) is 0 Å². The van der Waals surface area contributed by atoms with Gasteiger partial charge in [-0.25, -0.2) is 0 Å². The number of hydrogen-bond donors (Lipinski definition) is 2. The quantitative estimate of drug-likeness (QED) is 0.825. The van der Waals surface area contributed by atoms with Crippen LogP contribution in [-0.2, 0) is 0 Å². The summed E-state index contributed by atoms with van der Waals surface area (Å²) in [6, 6.07) is 5.59. The maximum Gasteiger partial charge on any atom is 0.251 e. The number of rotatable bonds is 3. The Labute approximate surface area is 113 Å². The van der Waals surface area contributed by atoms with Gasteiger partial charge in [0.1, 0.15) is 0 Å². The molecule has 1 aliphatic carbocycles. The molecule has 0 bridgehead atoms. The highest BCUT2D eigenvalue weighted by atomic mass is 32.2. The van der Waals surface area contributed by atoms with Gasteiger partial charge in [-0.05, 0) is 31.0 Å². The van der Waals surface area contributed by atoms with Gasteiger partial charge in [0, 0.05) is 28.4 Å². The SMILES string of the molecule is CNC(=O)c1ccc(SC2CCCCC2)c(N)c1. The minimum atomic E-state index is -0.0871. The van der Waals surface area contributed by atoms with E-state index >= 15 is 0 Å². The Morgan fingerprint density at radius 3 is 2.67 bits per heavy atom. The molecule has 0 saturated heterocycles. The molecule has 1 fully saturated rings. The third kappa shape index (κ3) is 3.19. The fourth-order valence-electron chi connectivity index (χ4n) is 2.30. The first-order chi connectivity index (χ1) is 8.70. The monoisotopic (exact) mass is 264 g/mol. The molecule has 1 amide bonds. The molecular formula is C14H20N2OS. The average Bonchev–Trinajstić information content (AvgIpc) is 2.41. The van der Waals surface area contributed by atoms with E-state index in [0.29, 0.717) is 16.5 Å². The molecule has 2 rings (SSSR count). The topological polar surface area (TPSA) is 55.1 Å². The molecule has 0 aliphatic heterocycles. The zero-order chi connectivity index (χ0) is 13.0. The van der Waals surface area contributed by atoms with Crippen molar-refractivity contribution in [3.63, 3.8) is 0 Å². The van der Waals surface area contributed by atoms with Crippen molar-refractivity contribution < 1.29 is 4.79 Å². The Kier molecular flexibility index (Phi) is 4.53. The zero-order valence-corrected chi connectivity index (χ0v) is 11.6. The van der Waals surface area contributed by atoms with Crippen molar-refractivity contribution in [1.82, 2.24) is 5.32 Å². The van der Waals surface area contributed by atoms with Gasteiger partial charge in [0.15, 0.2) is 0 Å². The fraction of sp³-hybridized carbons (Fsp3) is 0.500. The molecule has 18 heavy (non-hydrogen) atoms. The number of carbonyl (C=O) groups is 1. The molecule has 0 atom stereocenters. The highest BCUT2D eigenvalue weighted by molar-refractivity contribution is 8.00. The van der Waals surface area contributed by atoms with Crippen molar-refractivity contribution in [2.45, 2.75) is 42.2 Å². The molecule has 1 aromatic carbocycles. The number of amides is 1. The summed E-state index contributed by atoms with van der Waals surface area (Å²) in [7, 11) is 1.63. The van der Waals surface area contributed by atoms with Gasteiger partial charge in [-0.1, -0.05) is 19.3 Å². The van der Waals surface area contributed by atoms with E-state index < -0.39 is 0 Å². The van der Waals surface area contributed by atoms with Crippen LogP contribution in [0.15, 0.2) is 23.1 Å². The average molecular weight is 264 g/mol. The predicted molar refractivity (Wildman–Crippen MR) is 77.0 cm³/mol. The summed E-state index contributed by atoms with van der Waals surface area (Å²) in [6.45, 7) is 0. The van der Waals surface area contributed by atoms with Crippen LogP contribution in [0.5, 0.6) is 0 Å². The molecule has 0 aromatic heterocycles. The van der Waals surface area contributed by atoms with Crippen molar-refractivity contribution in [3.8, 4) is 0 Å². The largest absolute Gasteiger partial charge is 0.398 e. The third-order valence-electron chi connectivity index (χ3n) is 3.34. The maximum absolute atomic E-state index is 11.5. The Balaban J connectivity index is 2.07. The first kappa shape index (κ1) is 13.3. The molecular weight excluding hydrogens is 244 g/mol. The Morgan fingerprint density at radius 1 is 1.33 bits per heavy atom. The maximum atomic E-state index is 11.5. The highest BCUT2D eigenvalue weighted by Crippen LogP contribution is 2.36. The fourth-order valence-corrected chi connectivity index (χ4v) is 3.57. The van der Waals surface area contributed by atoms with Crippen molar-refractivity contribution in [3.05, 3.63) is 23.8 Å². The van der Waals surface area contributed by atoms with E-state index in [1.165, 1.54) is 32.1 Å². The lowest BCUT2D eigenvalue weighted by atomic mass is 10.0. The molecule has 1 saturated carbocycles. The third-order valence-corrected chi connectivity index (χ3v) is 4.78. The Hall–Kier alpha value is -1.16. The molecule has 1 aliphatic rings. The number of anilines is 1. The van der Waals surface area contributed by atoms with E-state index in [4.69, 9.17) is 5.73 Å². The Bertz CT molecular complexity index is 428. The molecule has 98 valence electrons. The molecule has 1 aromatic rings. The van der Waals surface area contributed by atoms with Crippen LogP contribution in [0.2, 0.25) is 0 Å². The number of nitrogens with two attached hydrogens (primary N) is 1. The summed E-state index contributed by atoms with van der Waals surface area (Å²) in [5, 5.41) is 3.29. The van der Waals surface area contributed by atoms with Crippen LogP contribution in [0.1, 0.15) is 42.5 Å². The van der Waals surface area contributed by atoms with Crippen LogP contribution in [0.3, 0.4) is 0 Å². The van der Waals surface area contributed by atoms with Gasteiger partial charge in [-0.3, -0.25) is 4.79 Å². The highest BCUT2D eigenvalue weighted by Gasteiger charge is 2.16. The van der Waals surface area contributed by atoms with Crippen LogP contribution >= 0.6 is 11.8 Å². The van der Waals surface area contributed by atoms with Crippen LogP contribution in [0, 0.1) is 0 Å². The van der Waals surface area contributed by atoms with E-state index in [0.717, 1.165) is 4.90 Å². The van der Waals surface area contributed by atoms with Crippen LogP contribution in [0.4, 0.5) is 5.69 Å². The molecule has 4 heteroatoms. The van der Waals surface area contributed by atoms with Crippen LogP contribution < -0.4 is 11.1 Å². The first-order valence-electron chi connectivity index (χ1n) is 6.49. The zero-order valence-electron chi connectivity index (χ0n) is 10.7. The van der Waals surface area contributed by atoms with Gasteiger partial charge in [0.2, 0.25) is 0 Å². The summed E-state index contributed by atoms with van der Waals surface area (Å²) in [5.74, 6) is -0.0871. The van der Waals surface area contributed by atoms with Gasteiger partial charge in [0.25, 0.3) is 5.91 Å². The second-order valence-electron chi connectivity index (χ2n) is 4.71. The van der Waals surface area contributed by atoms with E-state index in [1.807, 2.05) is 23.9 Å². The number of nitrogens with one attached hydrogen (secondary N) is 1. The van der Waals surface area contributed by atoms with Gasteiger partial charge >= 0.3 is 0 Å². The smallest absolute Gasteiger partial charge is 0.251 e. The van der Waals surface area contributed by atoms with Crippen LogP contribution in [0.25, 0.3) is 0 Å². The summed E-state index contributed by atoms with van der Waals surface area (Å²) < 4.78 is 0. The number of hydrogen-bond acceptors (Lipinski definition) is 3. The number of nitrogen functional groups attached to an aromatic ring is 1.